The standard InChI is InChI=1S/C26H46N5O12P/c1-13-14(2)23(31-8-7-18(27)29-24(31)37)41-17(13)12-40-44(38,39)43-26(6)9-15(33)20(22(42-26)21(36)16(34)11-32)30-19(35)10-28-25(3,4)5/h7-8,13-17,20-23,28,32-34,36H,9-12H2,1-6H3,(H,30,35)(H,38,39)(H2,27,29,37). The second-order valence-corrected chi connectivity index (χ2v) is 14.0. The Hall–Kier alpha value is -2.02. The van der Waals surface area contributed by atoms with Crippen LogP contribution in [-0.2, 0) is 27.9 Å². The van der Waals surface area contributed by atoms with Crippen molar-refractivity contribution in [1.29, 1.82) is 0 Å². The Kier molecular flexibility index (Phi) is 11.7. The van der Waals surface area contributed by atoms with Crippen LogP contribution in [0, 0.1) is 11.8 Å². The molecule has 9 N–H and O–H groups in total. The quantitative estimate of drug-likeness (QED) is 0.121. The van der Waals surface area contributed by atoms with E-state index in [4.69, 9.17) is 24.3 Å². The van der Waals surface area contributed by atoms with Crippen molar-refractivity contribution in [2.45, 2.75) is 102 Å². The van der Waals surface area contributed by atoms with Crippen LogP contribution in [0.3, 0.4) is 0 Å². The van der Waals surface area contributed by atoms with Crippen LogP contribution in [0.1, 0.15) is 54.2 Å². The van der Waals surface area contributed by atoms with E-state index in [0.29, 0.717) is 0 Å². The number of anilines is 1. The summed E-state index contributed by atoms with van der Waals surface area (Å²) in [6, 6.07) is 0.164. The molecule has 1 aromatic rings. The van der Waals surface area contributed by atoms with Crippen molar-refractivity contribution < 1.29 is 53.2 Å². The lowest BCUT2D eigenvalue weighted by molar-refractivity contribution is -0.285. The van der Waals surface area contributed by atoms with E-state index in [1.165, 1.54) is 23.8 Å². The monoisotopic (exact) mass is 651 g/mol. The summed E-state index contributed by atoms with van der Waals surface area (Å²) in [6.45, 7) is 8.99. The summed E-state index contributed by atoms with van der Waals surface area (Å²) >= 11 is 0. The van der Waals surface area contributed by atoms with Gasteiger partial charge in [0.1, 0.15) is 30.4 Å². The van der Waals surface area contributed by atoms with E-state index in [1.807, 2.05) is 34.6 Å². The van der Waals surface area contributed by atoms with Gasteiger partial charge in [0.15, 0.2) is 5.79 Å². The largest absolute Gasteiger partial charge is 0.474 e. The Bertz CT molecular complexity index is 1250. The summed E-state index contributed by atoms with van der Waals surface area (Å²) in [4.78, 5) is 39.2. The fourth-order valence-corrected chi connectivity index (χ4v) is 6.15. The number of aliphatic hydroxyl groups excluding tert-OH is 4. The van der Waals surface area contributed by atoms with Gasteiger partial charge in [-0.15, -0.1) is 0 Å². The smallest absolute Gasteiger partial charge is 0.394 e. The molecule has 44 heavy (non-hydrogen) atoms. The molecule has 0 saturated carbocycles. The first-order chi connectivity index (χ1) is 20.3. The summed E-state index contributed by atoms with van der Waals surface area (Å²) in [6.07, 6.45) is -7.10. The highest BCUT2D eigenvalue weighted by Crippen LogP contribution is 2.51. The Balaban J connectivity index is 1.70. The topological polar surface area (TPSA) is 257 Å². The molecule has 0 aromatic carbocycles. The normalized spacial score (nSPS) is 33.8. The predicted molar refractivity (Wildman–Crippen MR) is 155 cm³/mol. The third-order valence-corrected chi connectivity index (χ3v) is 8.87. The van der Waals surface area contributed by atoms with Gasteiger partial charge in [0, 0.05) is 24.1 Å². The number of rotatable bonds is 12. The van der Waals surface area contributed by atoms with Gasteiger partial charge < -0.3 is 51.2 Å². The van der Waals surface area contributed by atoms with Gasteiger partial charge in [-0.3, -0.25) is 18.4 Å². The number of carbonyl (C=O) groups is 1. The number of phosphoric ester groups is 1. The van der Waals surface area contributed by atoms with Gasteiger partial charge in [0.2, 0.25) is 5.91 Å². The van der Waals surface area contributed by atoms with E-state index in [2.05, 4.69) is 15.6 Å². The highest BCUT2D eigenvalue weighted by Gasteiger charge is 2.52. The molecule has 11 unspecified atom stereocenters. The molecule has 17 nitrogen and oxygen atoms in total. The van der Waals surface area contributed by atoms with E-state index < -0.39 is 93.2 Å². The molecule has 18 heteroatoms. The Labute approximate surface area is 255 Å². The molecule has 3 rings (SSSR count). The average Bonchev–Trinajstić information content (AvgIpc) is 3.19. The van der Waals surface area contributed by atoms with E-state index in [1.54, 1.807) is 0 Å². The number of nitrogens with zero attached hydrogens (tertiary/aromatic N) is 2. The molecule has 2 fully saturated rings. The lowest BCUT2D eigenvalue weighted by Gasteiger charge is -2.47. The van der Waals surface area contributed by atoms with Crippen LogP contribution in [0.2, 0.25) is 0 Å². The first-order valence-corrected chi connectivity index (χ1v) is 15.8. The van der Waals surface area contributed by atoms with Crippen molar-refractivity contribution in [1.82, 2.24) is 20.2 Å². The van der Waals surface area contributed by atoms with Gasteiger partial charge >= 0.3 is 13.5 Å². The number of hydrogen-bond acceptors (Lipinski definition) is 14. The highest BCUT2D eigenvalue weighted by atomic mass is 31.2. The molecule has 2 saturated heterocycles. The second kappa shape index (κ2) is 14.2. The minimum absolute atomic E-state index is 0.0543. The fraction of sp³-hybridized carbons (Fsp3) is 0.808. The lowest BCUT2D eigenvalue weighted by Crippen LogP contribution is -2.66. The third kappa shape index (κ3) is 9.26. The molecule has 2 aliphatic heterocycles. The molecule has 1 aromatic heterocycles. The van der Waals surface area contributed by atoms with Crippen molar-refractivity contribution in [2.75, 3.05) is 25.5 Å². The van der Waals surface area contributed by atoms with Gasteiger partial charge in [-0.1, -0.05) is 13.8 Å². The van der Waals surface area contributed by atoms with E-state index in [9.17, 15) is 39.5 Å². The van der Waals surface area contributed by atoms with Gasteiger partial charge in [-0.2, -0.15) is 4.98 Å². The maximum absolute atomic E-state index is 13.1. The summed E-state index contributed by atoms with van der Waals surface area (Å²) in [5, 5.41) is 46.7. The molecule has 0 aliphatic carbocycles. The number of nitrogens with two attached hydrogens (primary N) is 1. The van der Waals surface area contributed by atoms with E-state index >= 15 is 0 Å². The minimum Gasteiger partial charge on any atom is -0.394 e. The maximum atomic E-state index is 13.1. The van der Waals surface area contributed by atoms with Crippen molar-refractivity contribution >= 4 is 19.5 Å². The Morgan fingerprint density at radius 3 is 2.57 bits per heavy atom. The van der Waals surface area contributed by atoms with Gasteiger partial charge in [0.25, 0.3) is 0 Å². The van der Waals surface area contributed by atoms with Crippen molar-refractivity contribution in [3.63, 3.8) is 0 Å². The maximum Gasteiger partial charge on any atom is 0.474 e. The first kappa shape index (κ1) is 36.4. The van der Waals surface area contributed by atoms with Crippen LogP contribution in [0.5, 0.6) is 0 Å². The molecule has 252 valence electrons. The predicted octanol–water partition coefficient (Wildman–Crippen LogP) is -1.42. The highest BCUT2D eigenvalue weighted by molar-refractivity contribution is 7.47. The van der Waals surface area contributed by atoms with Crippen LogP contribution in [-0.4, -0.2) is 108 Å². The lowest BCUT2D eigenvalue weighted by atomic mass is 9.89. The number of ether oxygens (including phenoxy) is 2. The third-order valence-electron chi connectivity index (χ3n) is 7.77. The number of hydrogen-bond donors (Lipinski definition) is 8. The van der Waals surface area contributed by atoms with E-state index in [-0.39, 0.29) is 24.2 Å². The summed E-state index contributed by atoms with van der Waals surface area (Å²) in [7, 11) is -4.93. The minimum atomic E-state index is -4.93. The zero-order chi connectivity index (χ0) is 33.2. The molecule has 3 heterocycles. The zero-order valence-corrected chi connectivity index (χ0v) is 26.6. The van der Waals surface area contributed by atoms with Crippen molar-refractivity contribution in [2.24, 2.45) is 11.8 Å². The average molecular weight is 652 g/mol. The van der Waals surface area contributed by atoms with Gasteiger partial charge in [-0.25, -0.2) is 9.36 Å². The number of nitrogens with one attached hydrogen (secondary N) is 2. The number of aliphatic hydroxyl groups is 4. The molecular weight excluding hydrogens is 605 g/mol. The van der Waals surface area contributed by atoms with Crippen LogP contribution in [0.4, 0.5) is 5.82 Å². The molecule has 11 atom stereocenters. The van der Waals surface area contributed by atoms with Crippen LogP contribution in [0.15, 0.2) is 17.1 Å². The second-order valence-electron chi connectivity index (χ2n) is 12.6. The molecular formula is C26H46N5O12P. The SMILES string of the molecule is CC1C(COP(=O)(O)OC2(C)CC(O)C(NC(=O)CNC(C)(C)C)C(C(O)C(O)CO)O2)OC(n2ccc(N)nc2=O)C1C. The Morgan fingerprint density at radius 2 is 1.98 bits per heavy atom. The van der Waals surface area contributed by atoms with Gasteiger partial charge in [-0.05, 0) is 39.7 Å². The number of carbonyl (C=O) groups excluding carboxylic acids is 1. The Morgan fingerprint density at radius 1 is 1.32 bits per heavy atom. The van der Waals surface area contributed by atoms with Crippen molar-refractivity contribution in [3.8, 4) is 0 Å². The number of nitrogen functional groups attached to an aromatic ring is 1. The zero-order valence-electron chi connectivity index (χ0n) is 25.7. The van der Waals surface area contributed by atoms with E-state index in [0.717, 1.165) is 0 Å². The van der Waals surface area contributed by atoms with Crippen LogP contribution < -0.4 is 22.1 Å². The molecule has 1 amide bonds. The molecule has 2 aliphatic rings. The number of phosphoric acid groups is 1. The summed E-state index contributed by atoms with van der Waals surface area (Å²) in [5.41, 5.74) is 4.55. The molecule has 0 bridgehead atoms. The summed E-state index contributed by atoms with van der Waals surface area (Å²) in [5.74, 6) is -3.00. The first-order valence-electron chi connectivity index (χ1n) is 14.3. The van der Waals surface area contributed by atoms with Crippen molar-refractivity contribution in [3.05, 3.63) is 22.7 Å². The van der Waals surface area contributed by atoms with Gasteiger partial charge in [0.05, 0.1) is 38.0 Å². The summed E-state index contributed by atoms with van der Waals surface area (Å²) < 4.78 is 36.7. The number of aromatic nitrogens is 2. The number of amides is 1. The van der Waals surface area contributed by atoms with Crippen LogP contribution in [0.25, 0.3) is 0 Å². The van der Waals surface area contributed by atoms with Crippen LogP contribution >= 0.6 is 7.82 Å². The fourth-order valence-electron chi connectivity index (χ4n) is 5.16. The molecule has 0 radical (unpaired) electrons. The molecule has 0 spiro atoms.